The van der Waals surface area contributed by atoms with Crippen molar-refractivity contribution < 1.29 is 23.8 Å². The highest BCUT2D eigenvalue weighted by atomic mass is 35.5. The molecule has 4 rings (SSSR count). The van der Waals surface area contributed by atoms with Gasteiger partial charge in [-0.2, -0.15) is 0 Å². The fraction of sp³-hybridized carbons (Fsp3) is 0.467. The molecule has 3 heterocycles. The molecular weight excluding hydrogens is 578 g/mol. The second-order valence-electron chi connectivity index (χ2n) is 11.0. The minimum Gasteiger partial charge on any atom is -0.489 e. The van der Waals surface area contributed by atoms with Crippen LogP contribution >= 0.6 is 23.8 Å². The molecule has 2 amide bonds. The lowest BCUT2D eigenvalue weighted by molar-refractivity contribution is -0.117. The van der Waals surface area contributed by atoms with Gasteiger partial charge in [0.25, 0.3) is 5.91 Å². The fourth-order valence-electron chi connectivity index (χ4n) is 4.67. The zero-order valence-corrected chi connectivity index (χ0v) is 26.0. The lowest BCUT2D eigenvalue weighted by Gasteiger charge is -2.34. The molecule has 1 aromatic heterocycles. The number of ether oxygens (including phenoxy) is 3. The highest BCUT2D eigenvalue weighted by Crippen LogP contribution is 2.27. The number of thiocarbonyl (C=S) groups is 1. The zero-order valence-electron chi connectivity index (χ0n) is 24.4. The number of anilines is 1. The van der Waals surface area contributed by atoms with Gasteiger partial charge in [-0.25, -0.2) is 4.79 Å². The maximum Gasteiger partial charge on any atom is 0.410 e. The van der Waals surface area contributed by atoms with Crippen LogP contribution in [0.2, 0.25) is 5.02 Å². The number of aromatic nitrogens is 1. The van der Waals surface area contributed by atoms with Gasteiger partial charge in [0.1, 0.15) is 29.0 Å². The van der Waals surface area contributed by atoms with Gasteiger partial charge in [-0.05, 0) is 51.0 Å². The van der Waals surface area contributed by atoms with Gasteiger partial charge in [-0.15, -0.1) is 0 Å². The second-order valence-corrected chi connectivity index (χ2v) is 11.8. The summed E-state index contributed by atoms with van der Waals surface area (Å²) < 4.78 is 17.4. The van der Waals surface area contributed by atoms with Crippen molar-refractivity contribution >= 4 is 46.5 Å². The van der Waals surface area contributed by atoms with Crippen molar-refractivity contribution in [1.82, 2.24) is 20.5 Å². The first-order valence-corrected chi connectivity index (χ1v) is 14.8. The number of pyridine rings is 1. The van der Waals surface area contributed by atoms with E-state index in [1.54, 1.807) is 17.3 Å². The summed E-state index contributed by atoms with van der Waals surface area (Å²) in [6.45, 7) is 9.89. The Bertz CT molecular complexity index is 1350. The largest absolute Gasteiger partial charge is 0.489 e. The number of carbonyl (C=O) groups excluding carboxylic acids is 2. The number of hydrogen-bond acceptors (Lipinski definition) is 8. The van der Waals surface area contributed by atoms with Crippen molar-refractivity contribution in [2.45, 2.75) is 58.8 Å². The van der Waals surface area contributed by atoms with Crippen LogP contribution in [0.15, 0.2) is 47.9 Å². The minimum absolute atomic E-state index is 0.238. The lowest BCUT2D eigenvalue weighted by atomic mass is 10.0. The number of nitrogens with one attached hydrogen (secondary N) is 3. The molecule has 0 aliphatic carbocycles. The average Bonchev–Trinajstić information content (AvgIpc) is 2.94. The van der Waals surface area contributed by atoms with Gasteiger partial charge in [0.2, 0.25) is 0 Å². The molecule has 0 unspecified atom stereocenters. The standard InChI is InChI=1S/C30H38ClN5O5S/c1-5-21-22(31)7-6-8-23(21)35-28(42)26-24(10-12-33-27(26)37)34-15-19-9-11-32-16-25(19)40-18-20-17-36(13-14-39-20)29(38)41-30(2,3)4/h6-9,11,16,20,34H,5,10,12-15,17-18H2,1-4H3,(H,33,37)(H,35,42)/t20-/m1/s1. The van der Waals surface area contributed by atoms with Crippen LogP contribution in [-0.4, -0.2) is 71.4 Å². The van der Waals surface area contributed by atoms with E-state index in [9.17, 15) is 9.59 Å². The summed E-state index contributed by atoms with van der Waals surface area (Å²) in [5.41, 5.74) is 3.13. The SMILES string of the molecule is CCc1c(Cl)cccc1NC(=S)C1=C(NCc2ccncc2OC[C@H]2CN(C(=O)OC(C)(C)C)CCO2)CCNC1=O. The van der Waals surface area contributed by atoms with Crippen LogP contribution in [-0.2, 0) is 27.2 Å². The summed E-state index contributed by atoms with van der Waals surface area (Å²) in [6.07, 6.45) is 3.97. The first kappa shape index (κ1) is 31.5. The maximum atomic E-state index is 12.9. The highest BCUT2D eigenvalue weighted by Gasteiger charge is 2.29. The number of rotatable bonds is 9. The Morgan fingerprint density at radius 1 is 1.31 bits per heavy atom. The van der Waals surface area contributed by atoms with Crippen LogP contribution < -0.4 is 20.7 Å². The molecule has 0 saturated carbocycles. The van der Waals surface area contributed by atoms with E-state index < -0.39 is 5.60 Å². The molecule has 1 atom stereocenters. The Morgan fingerprint density at radius 2 is 2.12 bits per heavy atom. The van der Waals surface area contributed by atoms with Crippen molar-refractivity contribution in [1.29, 1.82) is 0 Å². The van der Waals surface area contributed by atoms with Gasteiger partial charge in [-0.1, -0.05) is 36.8 Å². The van der Waals surface area contributed by atoms with Crippen LogP contribution in [0.3, 0.4) is 0 Å². The van der Waals surface area contributed by atoms with E-state index in [4.69, 9.17) is 38.0 Å². The lowest BCUT2D eigenvalue weighted by Crippen LogP contribution is -2.49. The Kier molecular flexibility index (Phi) is 10.6. The van der Waals surface area contributed by atoms with Crippen molar-refractivity contribution in [3.63, 3.8) is 0 Å². The van der Waals surface area contributed by atoms with E-state index in [1.807, 2.05) is 52.0 Å². The van der Waals surface area contributed by atoms with Crippen LogP contribution in [0.1, 0.15) is 45.2 Å². The van der Waals surface area contributed by atoms with Crippen LogP contribution in [0.25, 0.3) is 0 Å². The molecule has 1 saturated heterocycles. The summed E-state index contributed by atoms with van der Waals surface area (Å²) in [5.74, 6) is 0.342. The molecule has 0 bridgehead atoms. The van der Waals surface area contributed by atoms with E-state index in [1.165, 1.54) is 0 Å². The predicted molar refractivity (Wildman–Crippen MR) is 166 cm³/mol. The van der Waals surface area contributed by atoms with Gasteiger partial charge in [-0.3, -0.25) is 9.78 Å². The molecule has 3 N–H and O–H groups in total. The topological polar surface area (TPSA) is 114 Å². The molecule has 10 nitrogen and oxygen atoms in total. The highest BCUT2D eigenvalue weighted by molar-refractivity contribution is 7.81. The number of carbonyl (C=O) groups is 2. The van der Waals surface area contributed by atoms with Crippen molar-refractivity contribution in [2.75, 3.05) is 38.2 Å². The molecule has 2 aromatic rings. The molecular formula is C30H38ClN5O5S. The third-order valence-corrected chi connectivity index (χ3v) is 7.37. The van der Waals surface area contributed by atoms with E-state index >= 15 is 0 Å². The summed E-state index contributed by atoms with van der Waals surface area (Å²) >= 11 is 12.1. The number of halogens is 1. The van der Waals surface area contributed by atoms with Gasteiger partial charge in [0.05, 0.1) is 24.9 Å². The summed E-state index contributed by atoms with van der Waals surface area (Å²) in [5, 5.41) is 10.2. The molecule has 0 radical (unpaired) electrons. The zero-order chi connectivity index (χ0) is 30.3. The molecule has 1 aromatic carbocycles. The van der Waals surface area contributed by atoms with Crippen molar-refractivity contribution in [3.8, 4) is 5.75 Å². The van der Waals surface area contributed by atoms with Gasteiger partial charge >= 0.3 is 6.09 Å². The van der Waals surface area contributed by atoms with Gasteiger partial charge < -0.3 is 35.1 Å². The molecule has 0 spiro atoms. The predicted octanol–water partition coefficient (Wildman–Crippen LogP) is 4.62. The molecule has 12 heteroatoms. The van der Waals surface area contributed by atoms with Gasteiger partial charge in [0, 0.05) is 54.2 Å². The molecule has 226 valence electrons. The Balaban J connectivity index is 1.42. The van der Waals surface area contributed by atoms with E-state index in [2.05, 4.69) is 20.9 Å². The van der Waals surface area contributed by atoms with Gasteiger partial charge in [0.15, 0.2) is 0 Å². The average molecular weight is 616 g/mol. The Labute approximate surface area is 257 Å². The third kappa shape index (κ3) is 8.33. The normalized spacial score (nSPS) is 17.4. The quantitative estimate of drug-likeness (QED) is 0.348. The Morgan fingerprint density at radius 3 is 2.88 bits per heavy atom. The summed E-state index contributed by atoms with van der Waals surface area (Å²) in [6, 6.07) is 7.43. The smallest absolute Gasteiger partial charge is 0.410 e. The second kappa shape index (κ2) is 14.2. The molecule has 2 aliphatic rings. The van der Waals surface area contributed by atoms with Crippen LogP contribution in [0, 0.1) is 0 Å². The molecule has 1 fully saturated rings. The van der Waals surface area contributed by atoms with E-state index in [0.717, 1.165) is 28.9 Å². The van der Waals surface area contributed by atoms with Crippen molar-refractivity contribution in [2.24, 2.45) is 0 Å². The van der Waals surface area contributed by atoms with Crippen LogP contribution in [0.5, 0.6) is 5.75 Å². The number of morpholine rings is 1. The monoisotopic (exact) mass is 615 g/mol. The molecule has 42 heavy (non-hydrogen) atoms. The summed E-state index contributed by atoms with van der Waals surface area (Å²) in [4.78, 5) is 31.6. The fourth-order valence-corrected chi connectivity index (χ4v) is 5.30. The van der Waals surface area contributed by atoms with Crippen LogP contribution in [0.4, 0.5) is 10.5 Å². The third-order valence-electron chi connectivity index (χ3n) is 6.71. The number of amides is 2. The number of benzene rings is 1. The van der Waals surface area contributed by atoms with E-state index in [0.29, 0.717) is 60.5 Å². The molecule has 2 aliphatic heterocycles. The first-order valence-electron chi connectivity index (χ1n) is 14.0. The first-order chi connectivity index (χ1) is 20.1. The number of hydrogen-bond donors (Lipinski definition) is 3. The maximum absolute atomic E-state index is 12.9. The summed E-state index contributed by atoms with van der Waals surface area (Å²) in [7, 11) is 0. The number of nitrogens with zero attached hydrogens (tertiary/aromatic N) is 2. The van der Waals surface area contributed by atoms with Crippen molar-refractivity contribution in [3.05, 3.63) is 64.1 Å². The Hall–Kier alpha value is -3.41. The van der Waals surface area contributed by atoms with E-state index in [-0.39, 0.29) is 24.7 Å². The minimum atomic E-state index is -0.569.